The quantitative estimate of drug-likeness (QED) is 0.613. The Balaban J connectivity index is 2.72. The highest BCUT2D eigenvalue weighted by molar-refractivity contribution is 9.10. The summed E-state index contributed by atoms with van der Waals surface area (Å²) in [4.78, 5) is 11.6. The molecule has 4 heteroatoms. The molecule has 1 rings (SSSR count). The summed E-state index contributed by atoms with van der Waals surface area (Å²) >= 11 is 3.18. The number of ether oxygens (including phenoxy) is 1. The molecule has 2 nitrogen and oxygen atoms in total. The lowest BCUT2D eigenvalue weighted by molar-refractivity contribution is 0.0655. The number of hydrogen-bond donors (Lipinski definition) is 0. The van der Waals surface area contributed by atoms with Gasteiger partial charge in [-0.2, -0.15) is 0 Å². The molecule has 0 saturated carbocycles. The van der Waals surface area contributed by atoms with Crippen molar-refractivity contribution in [1.29, 1.82) is 0 Å². The van der Waals surface area contributed by atoms with E-state index in [1.54, 1.807) is 19.1 Å². The summed E-state index contributed by atoms with van der Waals surface area (Å²) in [5.41, 5.74) is 0.0330. The van der Waals surface area contributed by atoms with Gasteiger partial charge in [0, 0.05) is 4.47 Å². The van der Waals surface area contributed by atoms with E-state index in [9.17, 15) is 9.18 Å². The SMILES string of the molecule is C=CC(C)OCC(=O)c1cc(Br)ccc1F. The molecular formula is C12H12BrFO2. The van der Waals surface area contributed by atoms with Crippen molar-refractivity contribution in [3.8, 4) is 0 Å². The van der Waals surface area contributed by atoms with Gasteiger partial charge in [-0.05, 0) is 25.1 Å². The summed E-state index contributed by atoms with van der Waals surface area (Å²) in [6.07, 6.45) is 1.35. The van der Waals surface area contributed by atoms with Gasteiger partial charge in [-0.3, -0.25) is 4.79 Å². The third-order valence-electron chi connectivity index (χ3n) is 2.04. The van der Waals surface area contributed by atoms with E-state index >= 15 is 0 Å². The Morgan fingerprint density at radius 2 is 2.38 bits per heavy atom. The Labute approximate surface area is 102 Å². The first-order chi connectivity index (χ1) is 7.54. The summed E-state index contributed by atoms with van der Waals surface area (Å²) in [6.45, 7) is 5.13. The molecule has 0 spiro atoms. The van der Waals surface area contributed by atoms with E-state index in [1.807, 2.05) is 0 Å². The van der Waals surface area contributed by atoms with Crippen LogP contribution in [0.3, 0.4) is 0 Å². The average Bonchev–Trinajstić information content (AvgIpc) is 2.28. The lowest BCUT2D eigenvalue weighted by Crippen LogP contribution is -2.15. The van der Waals surface area contributed by atoms with Gasteiger partial charge in [-0.15, -0.1) is 6.58 Å². The molecule has 0 saturated heterocycles. The molecule has 0 fully saturated rings. The first kappa shape index (κ1) is 13.1. The second-order valence-corrected chi connectivity index (χ2v) is 4.21. The zero-order valence-electron chi connectivity index (χ0n) is 8.87. The molecule has 0 aliphatic heterocycles. The minimum absolute atomic E-state index is 0.0330. The predicted molar refractivity (Wildman–Crippen MR) is 64.0 cm³/mol. The van der Waals surface area contributed by atoms with Crippen LogP contribution in [0.2, 0.25) is 0 Å². The molecule has 0 aliphatic rings. The van der Waals surface area contributed by atoms with Crippen molar-refractivity contribution >= 4 is 21.7 Å². The van der Waals surface area contributed by atoms with Crippen LogP contribution in [0, 0.1) is 5.82 Å². The number of carbonyl (C=O) groups excluding carboxylic acids is 1. The largest absolute Gasteiger partial charge is 0.366 e. The monoisotopic (exact) mass is 286 g/mol. The van der Waals surface area contributed by atoms with Crippen LogP contribution >= 0.6 is 15.9 Å². The first-order valence-corrected chi connectivity index (χ1v) is 5.56. The number of ketones is 1. The highest BCUT2D eigenvalue weighted by atomic mass is 79.9. The lowest BCUT2D eigenvalue weighted by Gasteiger charge is -2.08. The van der Waals surface area contributed by atoms with Crippen LogP contribution in [-0.2, 0) is 4.74 Å². The number of benzene rings is 1. The number of halogens is 2. The topological polar surface area (TPSA) is 26.3 Å². The van der Waals surface area contributed by atoms with Crippen LogP contribution in [-0.4, -0.2) is 18.5 Å². The molecule has 0 N–H and O–H groups in total. The van der Waals surface area contributed by atoms with E-state index < -0.39 is 5.82 Å². The van der Waals surface area contributed by atoms with Crippen molar-refractivity contribution < 1.29 is 13.9 Å². The predicted octanol–water partition coefficient (Wildman–Crippen LogP) is 3.36. The van der Waals surface area contributed by atoms with Crippen LogP contribution < -0.4 is 0 Å². The zero-order valence-corrected chi connectivity index (χ0v) is 10.5. The Kier molecular flexibility index (Phi) is 4.83. The fraction of sp³-hybridized carbons (Fsp3) is 0.250. The van der Waals surface area contributed by atoms with Gasteiger partial charge in [-0.25, -0.2) is 4.39 Å². The Bertz CT molecular complexity index is 404. The lowest BCUT2D eigenvalue weighted by atomic mass is 10.1. The second-order valence-electron chi connectivity index (χ2n) is 3.30. The van der Waals surface area contributed by atoms with E-state index in [-0.39, 0.29) is 24.1 Å². The van der Waals surface area contributed by atoms with Crippen LogP contribution in [0.25, 0.3) is 0 Å². The van der Waals surface area contributed by atoms with Crippen molar-refractivity contribution in [2.75, 3.05) is 6.61 Å². The first-order valence-electron chi connectivity index (χ1n) is 4.77. The fourth-order valence-corrected chi connectivity index (χ4v) is 1.43. The third-order valence-corrected chi connectivity index (χ3v) is 2.53. The van der Waals surface area contributed by atoms with Gasteiger partial charge in [0.25, 0.3) is 0 Å². The van der Waals surface area contributed by atoms with Crippen molar-refractivity contribution in [2.45, 2.75) is 13.0 Å². The molecule has 1 aromatic rings. The second kappa shape index (κ2) is 5.92. The Morgan fingerprint density at radius 3 is 3.00 bits per heavy atom. The molecule has 86 valence electrons. The van der Waals surface area contributed by atoms with Gasteiger partial charge in [-0.1, -0.05) is 22.0 Å². The summed E-state index contributed by atoms with van der Waals surface area (Å²) in [5.74, 6) is -0.921. The van der Waals surface area contributed by atoms with Crippen LogP contribution in [0.5, 0.6) is 0 Å². The summed E-state index contributed by atoms with van der Waals surface area (Å²) in [6, 6.07) is 4.23. The standard InChI is InChI=1S/C12H12BrFO2/c1-3-8(2)16-7-12(15)10-6-9(13)4-5-11(10)14/h3-6,8H,1,7H2,2H3. The maximum absolute atomic E-state index is 13.3. The minimum Gasteiger partial charge on any atom is -0.366 e. The van der Waals surface area contributed by atoms with Crippen molar-refractivity contribution in [3.05, 3.63) is 46.7 Å². The third kappa shape index (κ3) is 3.54. The molecule has 0 aromatic heterocycles. The molecule has 0 radical (unpaired) electrons. The van der Waals surface area contributed by atoms with E-state index in [0.29, 0.717) is 4.47 Å². The number of rotatable bonds is 5. The average molecular weight is 287 g/mol. The Hall–Kier alpha value is -1.00. The van der Waals surface area contributed by atoms with Crippen LogP contribution in [0.4, 0.5) is 4.39 Å². The van der Waals surface area contributed by atoms with E-state index in [4.69, 9.17) is 4.74 Å². The van der Waals surface area contributed by atoms with E-state index in [2.05, 4.69) is 22.5 Å². The van der Waals surface area contributed by atoms with Crippen molar-refractivity contribution in [2.24, 2.45) is 0 Å². The number of carbonyl (C=O) groups is 1. The smallest absolute Gasteiger partial charge is 0.191 e. The zero-order chi connectivity index (χ0) is 12.1. The van der Waals surface area contributed by atoms with Crippen LogP contribution in [0.15, 0.2) is 35.3 Å². The van der Waals surface area contributed by atoms with Gasteiger partial charge in [0.2, 0.25) is 0 Å². The summed E-state index contributed by atoms with van der Waals surface area (Å²) < 4.78 is 19.1. The molecule has 0 bridgehead atoms. The molecule has 0 amide bonds. The number of Topliss-reactive ketones (excluding diaryl/α,β-unsaturated/α-hetero) is 1. The van der Waals surface area contributed by atoms with Gasteiger partial charge >= 0.3 is 0 Å². The van der Waals surface area contributed by atoms with Gasteiger partial charge in [0.1, 0.15) is 12.4 Å². The molecule has 1 unspecified atom stereocenters. The van der Waals surface area contributed by atoms with Gasteiger partial charge < -0.3 is 4.74 Å². The van der Waals surface area contributed by atoms with E-state index in [0.717, 1.165) is 0 Å². The minimum atomic E-state index is -0.539. The normalized spacial score (nSPS) is 12.2. The Morgan fingerprint density at radius 1 is 1.69 bits per heavy atom. The van der Waals surface area contributed by atoms with Crippen molar-refractivity contribution in [3.63, 3.8) is 0 Å². The van der Waals surface area contributed by atoms with E-state index in [1.165, 1.54) is 12.1 Å². The highest BCUT2D eigenvalue weighted by Gasteiger charge is 2.13. The molecule has 1 aromatic carbocycles. The van der Waals surface area contributed by atoms with Gasteiger partial charge in [0.15, 0.2) is 5.78 Å². The van der Waals surface area contributed by atoms with Gasteiger partial charge in [0.05, 0.1) is 11.7 Å². The summed E-state index contributed by atoms with van der Waals surface area (Å²) in [5, 5.41) is 0. The highest BCUT2D eigenvalue weighted by Crippen LogP contribution is 2.16. The molecule has 16 heavy (non-hydrogen) atoms. The maximum Gasteiger partial charge on any atom is 0.191 e. The molecular weight excluding hydrogens is 275 g/mol. The van der Waals surface area contributed by atoms with Crippen LogP contribution in [0.1, 0.15) is 17.3 Å². The molecule has 0 heterocycles. The molecule has 1 atom stereocenters. The fourth-order valence-electron chi connectivity index (χ4n) is 1.06. The summed E-state index contributed by atoms with van der Waals surface area (Å²) in [7, 11) is 0. The van der Waals surface area contributed by atoms with Crippen molar-refractivity contribution in [1.82, 2.24) is 0 Å². The number of hydrogen-bond acceptors (Lipinski definition) is 2. The maximum atomic E-state index is 13.3. The molecule has 0 aliphatic carbocycles.